The number of thiocarbonyl (C=S) groups is 1. The Morgan fingerprint density at radius 1 is 1.21 bits per heavy atom. The van der Waals surface area contributed by atoms with E-state index < -0.39 is 0 Å². The van der Waals surface area contributed by atoms with Crippen molar-refractivity contribution in [3.63, 3.8) is 0 Å². The Kier molecular flexibility index (Phi) is 6.62. The van der Waals surface area contributed by atoms with E-state index >= 15 is 0 Å². The fraction of sp³-hybridized carbons (Fsp3) is 0.292. The molecule has 0 saturated carbocycles. The molecule has 0 unspecified atom stereocenters. The van der Waals surface area contributed by atoms with E-state index in [1.807, 2.05) is 43.3 Å². The second-order valence-corrected chi connectivity index (χ2v) is 8.28. The lowest BCUT2D eigenvalue weighted by Gasteiger charge is -2.28. The molecule has 33 heavy (non-hydrogen) atoms. The molecule has 3 aromatic rings. The number of hydrogen-bond donors (Lipinski definition) is 3. The molecule has 0 spiro atoms. The molecular weight excluding hydrogens is 438 g/mol. The molecule has 1 fully saturated rings. The number of pyridine rings is 1. The SMILES string of the molecule is COCC(=O)Nc1cc(N2C(=S)N[C@@H](c3ccccn3)[C@H]2c2cc(C)[nH]c2C)ccc1OC. The molecule has 1 aromatic carbocycles. The number of anilines is 2. The number of methoxy groups -OCH3 is 2. The van der Waals surface area contributed by atoms with Crippen LogP contribution in [-0.4, -0.2) is 41.8 Å². The number of hydrogen-bond acceptors (Lipinski definition) is 5. The summed E-state index contributed by atoms with van der Waals surface area (Å²) in [6, 6.07) is 13.3. The van der Waals surface area contributed by atoms with Crippen LogP contribution in [0.2, 0.25) is 0 Å². The number of H-pyrrole nitrogens is 1. The van der Waals surface area contributed by atoms with Gasteiger partial charge < -0.3 is 30.0 Å². The first-order valence-electron chi connectivity index (χ1n) is 10.6. The molecule has 8 nitrogen and oxygen atoms in total. The van der Waals surface area contributed by atoms with E-state index in [9.17, 15) is 4.79 Å². The van der Waals surface area contributed by atoms with Gasteiger partial charge in [0.1, 0.15) is 12.4 Å². The third kappa shape index (κ3) is 4.55. The van der Waals surface area contributed by atoms with Crippen molar-refractivity contribution in [3.05, 3.63) is 71.3 Å². The Hall–Kier alpha value is -3.43. The van der Waals surface area contributed by atoms with E-state index in [0.717, 1.165) is 28.3 Å². The number of aryl methyl sites for hydroxylation is 2. The topological polar surface area (TPSA) is 91.5 Å². The summed E-state index contributed by atoms with van der Waals surface area (Å²) >= 11 is 5.80. The molecule has 172 valence electrons. The van der Waals surface area contributed by atoms with Crippen LogP contribution in [-0.2, 0) is 9.53 Å². The summed E-state index contributed by atoms with van der Waals surface area (Å²) in [7, 11) is 3.04. The van der Waals surface area contributed by atoms with Crippen LogP contribution in [0.4, 0.5) is 11.4 Å². The number of nitrogens with zero attached hydrogens (tertiary/aromatic N) is 2. The predicted molar refractivity (Wildman–Crippen MR) is 132 cm³/mol. The zero-order chi connectivity index (χ0) is 23.5. The third-order valence-electron chi connectivity index (χ3n) is 5.62. The number of carbonyl (C=O) groups is 1. The van der Waals surface area contributed by atoms with Crippen molar-refractivity contribution in [2.24, 2.45) is 0 Å². The van der Waals surface area contributed by atoms with Gasteiger partial charge in [-0.05, 0) is 68.0 Å². The number of aromatic amines is 1. The Balaban J connectivity index is 1.80. The van der Waals surface area contributed by atoms with Gasteiger partial charge in [-0.1, -0.05) is 6.07 Å². The van der Waals surface area contributed by atoms with Crippen LogP contribution >= 0.6 is 12.2 Å². The Morgan fingerprint density at radius 3 is 2.67 bits per heavy atom. The molecule has 4 rings (SSSR count). The minimum absolute atomic E-state index is 0.0523. The van der Waals surface area contributed by atoms with Crippen molar-refractivity contribution in [2.75, 3.05) is 31.0 Å². The van der Waals surface area contributed by atoms with Crippen LogP contribution in [0.3, 0.4) is 0 Å². The highest BCUT2D eigenvalue weighted by Crippen LogP contribution is 2.44. The maximum Gasteiger partial charge on any atom is 0.250 e. The minimum Gasteiger partial charge on any atom is -0.495 e. The highest BCUT2D eigenvalue weighted by Gasteiger charge is 2.42. The predicted octanol–water partition coefficient (Wildman–Crippen LogP) is 3.80. The van der Waals surface area contributed by atoms with Gasteiger partial charge in [0.15, 0.2) is 5.11 Å². The first-order valence-corrected chi connectivity index (χ1v) is 11.0. The van der Waals surface area contributed by atoms with Gasteiger partial charge in [0.05, 0.1) is 30.6 Å². The molecule has 1 amide bonds. The zero-order valence-corrected chi connectivity index (χ0v) is 19.8. The maximum atomic E-state index is 12.2. The van der Waals surface area contributed by atoms with E-state index in [-0.39, 0.29) is 24.6 Å². The molecule has 3 N–H and O–H groups in total. The number of ether oxygens (including phenoxy) is 2. The van der Waals surface area contributed by atoms with Crippen molar-refractivity contribution in [2.45, 2.75) is 25.9 Å². The van der Waals surface area contributed by atoms with Gasteiger partial charge in [-0.2, -0.15) is 0 Å². The summed E-state index contributed by atoms with van der Waals surface area (Å²) in [5.74, 6) is 0.280. The van der Waals surface area contributed by atoms with Crippen LogP contribution in [0.25, 0.3) is 0 Å². The first kappa shape index (κ1) is 22.8. The van der Waals surface area contributed by atoms with Crippen LogP contribution in [0.15, 0.2) is 48.7 Å². The molecule has 1 saturated heterocycles. The molecular formula is C24H27N5O3S. The van der Waals surface area contributed by atoms with Gasteiger partial charge >= 0.3 is 0 Å². The van der Waals surface area contributed by atoms with E-state index in [1.165, 1.54) is 7.11 Å². The molecule has 2 atom stereocenters. The first-order chi connectivity index (χ1) is 15.9. The number of benzene rings is 1. The van der Waals surface area contributed by atoms with Crippen molar-refractivity contribution in [1.29, 1.82) is 0 Å². The quantitative estimate of drug-likeness (QED) is 0.457. The summed E-state index contributed by atoms with van der Waals surface area (Å²) in [5, 5.41) is 6.89. The number of amides is 1. The van der Waals surface area contributed by atoms with E-state index in [4.69, 9.17) is 21.7 Å². The summed E-state index contributed by atoms with van der Waals surface area (Å²) < 4.78 is 10.4. The number of nitrogens with one attached hydrogen (secondary N) is 3. The molecule has 0 radical (unpaired) electrons. The van der Waals surface area contributed by atoms with Gasteiger partial charge in [0.2, 0.25) is 5.91 Å². The number of rotatable bonds is 7. The smallest absolute Gasteiger partial charge is 0.250 e. The Labute approximate surface area is 198 Å². The van der Waals surface area contributed by atoms with Gasteiger partial charge in [-0.3, -0.25) is 9.78 Å². The van der Waals surface area contributed by atoms with Crippen molar-refractivity contribution in [3.8, 4) is 5.75 Å². The number of aromatic nitrogens is 2. The largest absolute Gasteiger partial charge is 0.495 e. The molecule has 9 heteroatoms. The van der Waals surface area contributed by atoms with E-state index in [1.54, 1.807) is 13.3 Å². The lowest BCUT2D eigenvalue weighted by atomic mass is 9.96. The zero-order valence-electron chi connectivity index (χ0n) is 19.0. The van der Waals surface area contributed by atoms with Crippen LogP contribution in [0, 0.1) is 13.8 Å². The normalized spacial score (nSPS) is 17.7. The lowest BCUT2D eigenvalue weighted by molar-refractivity contribution is -0.119. The summed E-state index contributed by atoms with van der Waals surface area (Å²) in [6.45, 7) is 4.04. The lowest BCUT2D eigenvalue weighted by Crippen LogP contribution is -2.29. The second-order valence-electron chi connectivity index (χ2n) is 7.90. The summed E-state index contributed by atoms with van der Waals surface area (Å²) in [5.41, 5.74) is 5.52. The molecule has 1 aliphatic rings. The minimum atomic E-state index is -0.268. The average molecular weight is 466 g/mol. The van der Waals surface area contributed by atoms with Gasteiger partial charge in [0, 0.05) is 30.4 Å². The highest BCUT2D eigenvalue weighted by molar-refractivity contribution is 7.80. The van der Waals surface area contributed by atoms with Crippen molar-refractivity contribution in [1.82, 2.24) is 15.3 Å². The van der Waals surface area contributed by atoms with Crippen molar-refractivity contribution < 1.29 is 14.3 Å². The maximum absolute atomic E-state index is 12.2. The number of carbonyl (C=O) groups excluding carboxylic acids is 1. The Morgan fingerprint density at radius 2 is 2.03 bits per heavy atom. The van der Waals surface area contributed by atoms with Gasteiger partial charge in [0.25, 0.3) is 0 Å². The summed E-state index contributed by atoms with van der Waals surface area (Å²) in [6.07, 6.45) is 1.78. The van der Waals surface area contributed by atoms with Crippen LogP contribution < -0.4 is 20.3 Å². The fourth-order valence-corrected chi connectivity index (χ4v) is 4.61. The molecule has 0 bridgehead atoms. The van der Waals surface area contributed by atoms with Crippen LogP contribution in [0.5, 0.6) is 5.75 Å². The van der Waals surface area contributed by atoms with Crippen molar-refractivity contribution >= 4 is 34.6 Å². The highest BCUT2D eigenvalue weighted by atomic mass is 32.1. The molecule has 1 aliphatic heterocycles. The van der Waals surface area contributed by atoms with E-state index in [2.05, 4.69) is 38.5 Å². The van der Waals surface area contributed by atoms with Gasteiger partial charge in [-0.25, -0.2) is 0 Å². The third-order valence-corrected chi connectivity index (χ3v) is 5.93. The monoisotopic (exact) mass is 465 g/mol. The fourth-order valence-electron chi connectivity index (χ4n) is 4.26. The molecule has 3 heterocycles. The average Bonchev–Trinajstić information content (AvgIpc) is 3.32. The summed E-state index contributed by atoms with van der Waals surface area (Å²) in [4.78, 5) is 22.3. The van der Waals surface area contributed by atoms with Crippen LogP contribution in [0.1, 0.15) is 34.7 Å². The van der Waals surface area contributed by atoms with Gasteiger partial charge in [-0.15, -0.1) is 0 Å². The standard InChI is InChI=1S/C24H27N5O3S/c1-14-11-17(15(2)26-14)23-22(18-7-5-6-10-25-18)28-24(33)29(23)16-8-9-20(32-4)19(12-16)27-21(30)13-31-3/h5-12,22-23,26H,13H2,1-4H3,(H,27,30)(H,28,33)/t22-,23+/m0/s1. The second kappa shape index (κ2) is 9.60. The van der Waals surface area contributed by atoms with E-state index in [0.29, 0.717) is 16.5 Å². The molecule has 2 aromatic heterocycles. The molecule has 0 aliphatic carbocycles. The Bertz CT molecular complexity index is 1160.